The zero-order valence-corrected chi connectivity index (χ0v) is 9.93. The van der Waals surface area contributed by atoms with Gasteiger partial charge in [0.2, 0.25) is 5.28 Å². The molecule has 1 heterocycles. The maximum atomic E-state index is 13.4. The minimum Gasteiger partial charge on any atom is -0.338 e. The molecule has 1 aromatic carbocycles. The van der Waals surface area contributed by atoms with Gasteiger partial charge in [-0.2, -0.15) is 13.2 Å². The van der Waals surface area contributed by atoms with Crippen LogP contribution in [-0.2, 0) is 6.18 Å². The molecule has 1 N–H and O–H groups in total. The Kier molecular flexibility index (Phi) is 3.57. The Labute approximate surface area is 110 Å². The van der Waals surface area contributed by atoms with Crippen LogP contribution in [-0.4, -0.2) is 9.97 Å². The topological polar surface area (TPSA) is 37.8 Å². The van der Waals surface area contributed by atoms with E-state index in [4.69, 9.17) is 11.6 Å². The van der Waals surface area contributed by atoms with Crippen molar-refractivity contribution in [1.29, 1.82) is 0 Å². The normalized spacial score (nSPS) is 11.4. The smallest absolute Gasteiger partial charge is 0.338 e. The molecule has 0 unspecified atom stereocenters. The Hall–Kier alpha value is -1.89. The summed E-state index contributed by atoms with van der Waals surface area (Å²) in [6.07, 6.45) is -3.25. The second kappa shape index (κ2) is 5.00. The van der Waals surface area contributed by atoms with Gasteiger partial charge in [0.1, 0.15) is 11.6 Å². The first-order valence-corrected chi connectivity index (χ1v) is 5.36. The largest absolute Gasteiger partial charge is 0.416 e. The highest BCUT2D eigenvalue weighted by atomic mass is 35.5. The molecule has 0 spiro atoms. The molecule has 8 heteroatoms. The third-order valence-electron chi connectivity index (χ3n) is 2.18. The molecule has 1 aromatic heterocycles. The number of nitrogens with zero attached hydrogens (tertiary/aromatic N) is 2. The van der Waals surface area contributed by atoms with Crippen molar-refractivity contribution in [3.05, 3.63) is 47.1 Å². The number of nitrogens with one attached hydrogen (secondary N) is 1. The van der Waals surface area contributed by atoms with Crippen molar-refractivity contribution in [1.82, 2.24) is 9.97 Å². The molecule has 0 bridgehead atoms. The van der Waals surface area contributed by atoms with Gasteiger partial charge in [0.15, 0.2) is 0 Å². The first-order valence-electron chi connectivity index (χ1n) is 4.98. The summed E-state index contributed by atoms with van der Waals surface area (Å²) in [5.41, 5.74) is -1.30. The number of halogens is 5. The van der Waals surface area contributed by atoms with E-state index in [-0.39, 0.29) is 16.8 Å². The van der Waals surface area contributed by atoms with Crippen molar-refractivity contribution in [3.63, 3.8) is 0 Å². The molecule has 0 aliphatic rings. The molecule has 2 aromatic rings. The summed E-state index contributed by atoms with van der Waals surface area (Å²) in [5.74, 6) is -0.735. The van der Waals surface area contributed by atoms with Gasteiger partial charge in [-0.15, -0.1) is 0 Å². The van der Waals surface area contributed by atoms with Crippen LogP contribution >= 0.6 is 11.6 Å². The van der Waals surface area contributed by atoms with Crippen LogP contribution in [0, 0.1) is 5.82 Å². The lowest BCUT2D eigenvalue weighted by Crippen LogP contribution is -2.06. The zero-order chi connectivity index (χ0) is 14.0. The van der Waals surface area contributed by atoms with E-state index in [9.17, 15) is 17.6 Å². The number of hydrogen-bond donors (Lipinski definition) is 1. The van der Waals surface area contributed by atoms with Crippen LogP contribution in [0.25, 0.3) is 0 Å². The number of aromatic nitrogens is 2. The minimum absolute atomic E-state index is 0.0956. The molecular formula is C11H6ClF4N3. The fourth-order valence-electron chi connectivity index (χ4n) is 1.34. The Morgan fingerprint density at radius 1 is 1.16 bits per heavy atom. The maximum absolute atomic E-state index is 13.4. The number of anilines is 2. The monoisotopic (exact) mass is 291 g/mol. The predicted molar refractivity (Wildman–Crippen MR) is 61.7 cm³/mol. The van der Waals surface area contributed by atoms with Crippen LogP contribution in [0.5, 0.6) is 0 Å². The van der Waals surface area contributed by atoms with Crippen LogP contribution in [0.2, 0.25) is 5.28 Å². The number of alkyl halides is 3. The van der Waals surface area contributed by atoms with Gasteiger partial charge in [-0.05, 0) is 35.9 Å². The van der Waals surface area contributed by atoms with E-state index >= 15 is 0 Å². The highest BCUT2D eigenvalue weighted by Crippen LogP contribution is 2.32. The molecule has 0 fully saturated rings. The van der Waals surface area contributed by atoms with Gasteiger partial charge in [0.25, 0.3) is 0 Å². The molecule has 0 aliphatic carbocycles. The van der Waals surface area contributed by atoms with Crippen molar-refractivity contribution in [2.45, 2.75) is 6.18 Å². The van der Waals surface area contributed by atoms with E-state index in [2.05, 4.69) is 15.3 Å². The van der Waals surface area contributed by atoms with Crippen LogP contribution in [0.4, 0.5) is 29.1 Å². The average Bonchev–Trinajstić information content (AvgIpc) is 2.30. The zero-order valence-electron chi connectivity index (χ0n) is 9.17. The summed E-state index contributed by atoms with van der Waals surface area (Å²) in [6, 6.07) is 3.40. The van der Waals surface area contributed by atoms with Crippen LogP contribution in [0.15, 0.2) is 30.5 Å². The number of benzene rings is 1. The van der Waals surface area contributed by atoms with Crippen LogP contribution < -0.4 is 5.32 Å². The van der Waals surface area contributed by atoms with Crippen molar-refractivity contribution >= 4 is 23.1 Å². The highest BCUT2D eigenvalue weighted by Gasteiger charge is 2.31. The fourth-order valence-corrected chi connectivity index (χ4v) is 1.49. The summed E-state index contributed by atoms with van der Waals surface area (Å²) in [4.78, 5) is 7.30. The van der Waals surface area contributed by atoms with Crippen molar-refractivity contribution in [2.24, 2.45) is 0 Å². The van der Waals surface area contributed by atoms with Gasteiger partial charge in [0.05, 0.1) is 11.3 Å². The molecule has 0 aliphatic heterocycles. The molecule has 0 amide bonds. The van der Waals surface area contributed by atoms with E-state index in [1.54, 1.807) is 0 Å². The number of hydrogen-bond acceptors (Lipinski definition) is 3. The van der Waals surface area contributed by atoms with E-state index in [1.165, 1.54) is 12.3 Å². The van der Waals surface area contributed by atoms with Gasteiger partial charge >= 0.3 is 6.18 Å². The van der Waals surface area contributed by atoms with E-state index < -0.39 is 17.6 Å². The molecule has 0 saturated carbocycles. The molecule has 19 heavy (non-hydrogen) atoms. The third-order valence-corrected chi connectivity index (χ3v) is 2.36. The maximum Gasteiger partial charge on any atom is 0.416 e. The fraction of sp³-hybridized carbons (Fsp3) is 0.0909. The molecule has 2 rings (SSSR count). The summed E-state index contributed by atoms with van der Waals surface area (Å²) >= 11 is 5.52. The van der Waals surface area contributed by atoms with Gasteiger partial charge in [-0.3, -0.25) is 0 Å². The van der Waals surface area contributed by atoms with Crippen molar-refractivity contribution in [3.8, 4) is 0 Å². The van der Waals surface area contributed by atoms with Gasteiger partial charge in [-0.1, -0.05) is 0 Å². The molecular weight excluding hydrogens is 286 g/mol. The summed E-state index contributed by atoms with van der Waals surface area (Å²) in [7, 11) is 0. The molecule has 0 saturated heterocycles. The van der Waals surface area contributed by atoms with Crippen molar-refractivity contribution in [2.75, 3.05) is 5.32 Å². The first kappa shape index (κ1) is 13.5. The Morgan fingerprint density at radius 2 is 1.89 bits per heavy atom. The lowest BCUT2D eigenvalue weighted by Gasteiger charge is -2.11. The lowest BCUT2D eigenvalue weighted by atomic mass is 10.2. The Bertz CT molecular complexity index is 601. The van der Waals surface area contributed by atoms with E-state index in [0.717, 1.165) is 6.07 Å². The Morgan fingerprint density at radius 3 is 2.53 bits per heavy atom. The minimum atomic E-state index is -4.55. The molecule has 0 radical (unpaired) electrons. The van der Waals surface area contributed by atoms with Crippen molar-refractivity contribution < 1.29 is 17.6 Å². The SMILES string of the molecule is Fc1ccc(C(F)(F)F)cc1Nc1ccnc(Cl)n1. The standard InChI is InChI=1S/C11H6ClF4N3/c12-10-17-4-3-9(19-10)18-8-5-6(11(14,15)16)1-2-7(8)13/h1-5H,(H,17,18,19). The van der Waals surface area contributed by atoms with Crippen LogP contribution in [0.3, 0.4) is 0 Å². The van der Waals surface area contributed by atoms with E-state index in [1.807, 2.05) is 0 Å². The summed E-state index contributed by atoms with van der Waals surface area (Å²) in [6.45, 7) is 0. The number of rotatable bonds is 2. The van der Waals surface area contributed by atoms with Gasteiger partial charge < -0.3 is 5.32 Å². The van der Waals surface area contributed by atoms with Crippen LogP contribution in [0.1, 0.15) is 5.56 Å². The first-order chi connectivity index (χ1) is 8.86. The second-order valence-electron chi connectivity index (χ2n) is 3.53. The lowest BCUT2D eigenvalue weighted by molar-refractivity contribution is -0.137. The summed E-state index contributed by atoms with van der Waals surface area (Å²) < 4.78 is 51.0. The predicted octanol–water partition coefficient (Wildman–Crippen LogP) is 4.03. The van der Waals surface area contributed by atoms with Gasteiger partial charge in [-0.25, -0.2) is 14.4 Å². The third kappa shape index (κ3) is 3.31. The highest BCUT2D eigenvalue weighted by molar-refractivity contribution is 6.28. The van der Waals surface area contributed by atoms with Gasteiger partial charge in [0, 0.05) is 6.20 Å². The molecule has 100 valence electrons. The van der Waals surface area contributed by atoms with E-state index in [0.29, 0.717) is 12.1 Å². The summed E-state index contributed by atoms with van der Waals surface area (Å²) in [5, 5.41) is 2.32. The Balaban J connectivity index is 2.34. The second-order valence-corrected chi connectivity index (χ2v) is 3.87. The molecule has 3 nitrogen and oxygen atoms in total. The quantitative estimate of drug-likeness (QED) is 0.670. The average molecular weight is 292 g/mol. The molecule has 0 atom stereocenters.